The van der Waals surface area contributed by atoms with E-state index in [0.29, 0.717) is 40.5 Å². The molecule has 0 saturated carbocycles. The predicted octanol–water partition coefficient (Wildman–Crippen LogP) is 6.99. The average Bonchev–Trinajstić information content (AvgIpc) is 2.85. The highest BCUT2D eigenvalue weighted by Crippen LogP contribution is 2.32. The molecule has 0 aliphatic carbocycles. The maximum absolute atomic E-state index is 13.7. The lowest BCUT2D eigenvalue weighted by Gasteiger charge is -2.34. The number of nitrogens with one attached hydrogen (secondary N) is 1. The Morgan fingerprint density at radius 3 is 2.22 bits per heavy atom. The summed E-state index contributed by atoms with van der Waals surface area (Å²) in [6.07, 6.45) is 0.682. The number of hydrogen-bond donors (Lipinski definition) is 1. The van der Waals surface area contributed by atoms with Gasteiger partial charge in [0.2, 0.25) is 5.91 Å². The molecule has 0 spiro atoms. The van der Waals surface area contributed by atoms with Crippen molar-refractivity contribution in [2.24, 2.45) is 9.98 Å². The molecule has 2 amide bonds. The molecule has 0 aliphatic heterocycles. The van der Waals surface area contributed by atoms with Crippen LogP contribution in [0, 0.1) is 0 Å². The Balaban J connectivity index is 2.09. The van der Waals surface area contributed by atoms with Gasteiger partial charge in [0.1, 0.15) is 12.1 Å². The SMILES string of the molecule is CCCN(C(=O)c1ccccc1)C(C(=O)NC(C)(C)C)c1ccccc1N=C=Nc1ccc(Cl)cc1. The van der Waals surface area contributed by atoms with Crippen LogP contribution < -0.4 is 5.32 Å². The lowest BCUT2D eigenvalue weighted by molar-refractivity contribution is -0.127. The van der Waals surface area contributed by atoms with Crippen molar-refractivity contribution < 1.29 is 9.59 Å². The highest BCUT2D eigenvalue weighted by atomic mass is 35.5. The lowest BCUT2D eigenvalue weighted by Crippen LogP contribution is -2.49. The molecule has 3 aromatic carbocycles. The van der Waals surface area contributed by atoms with Crippen LogP contribution >= 0.6 is 11.6 Å². The number of aliphatic imine (C=N–C) groups is 2. The molecule has 0 radical (unpaired) electrons. The van der Waals surface area contributed by atoms with Gasteiger partial charge in [0, 0.05) is 28.2 Å². The number of carbonyl (C=O) groups excluding carboxylic acids is 2. The average molecular weight is 503 g/mol. The largest absolute Gasteiger partial charge is 0.349 e. The third-order valence-corrected chi connectivity index (χ3v) is 5.46. The summed E-state index contributed by atoms with van der Waals surface area (Å²) in [5, 5.41) is 3.66. The number of rotatable bonds is 8. The molecule has 0 heterocycles. The Kier molecular flexibility index (Phi) is 9.18. The molecule has 36 heavy (non-hydrogen) atoms. The Morgan fingerprint density at radius 2 is 1.58 bits per heavy atom. The molecule has 1 atom stereocenters. The highest BCUT2D eigenvalue weighted by molar-refractivity contribution is 6.30. The normalized spacial score (nSPS) is 11.7. The van der Waals surface area contributed by atoms with E-state index in [0.717, 1.165) is 0 Å². The molecule has 0 saturated heterocycles. The van der Waals surface area contributed by atoms with Crippen molar-refractivity contribution in [3.05, 3.63) is 95.0 Å². The fraction of sp³-hybridized carbons (Fsp3) is 0.276. The van der Waals surface area contributed by atoms with Crippen molar-refractivity contribution in [2.75, 3.05) is 6.54 Å². The highest BCUT2D eigenvalue weighted by Gasteiger charge is 2.34. The van der Waals surface area contributed by atoms with Crippen molar-refractivity contribution in [3.8, 4) is 0 Å². The van der Waals surface area contributed by atoms with Crippen molar-refractivity contribution in [1.29, 1.82) is 0 Å². The summed E-state index contributed by atoms with van der Waals surface area (Å²) in [5.41, 5.74) is 1.78. The monoisotopic (exact) mass is 502 g/mol. The molecular weight excluding hydrogens is 472 g/mol. The van der Waals surface area contributed by atoms with E-state index in [4.69, 9.17) is 11.6 Å². The predicted molar refractivity (Wildman–Crippen MR) is 145 cm³/mol. The second-order valence-electron chi connectivity index (χ2n) is 9.37. The van der Waals surface area contributed by atoms with Crippen LogP contribution in [0.25, 0.3) is 0 Å². The first kappa shape index (κ1) is 26.9. The molecule has 0 aromatic heterocycles. The van der Waals surface area contributed by atoms with E-state index in [1.165, 1.54) is 0 Å². The van der Waals surface area contributed by atoms with Gasteiger partial charge in [-0.1, -0.05) is 54.9 Å². The first-order chi connectivity index (χ1) is 17.2. The smallest absolute Gasteiger partial charge is 0.254 e. The second kappa shape index (κ2) is 12.3. The summed E-state index contributed by atoms with van der Waals surface area (Å²) in [6.45, 7) is 8.11. The number of carbonyl (C=O) groups is 2. The molecule has 1 unspecified atom stereocenters. The Bertz CT molecular complexity index is 1240. The van der Waals surface area contributed by atoms with Crippen molar-refractivity contribution in [2.45, 2.75) is 45.7 Å². The van der Waals surface area contributed by atoms with Crippen LogP contribution in [0.2, 0.25) is 5.02 Å². The molecule has 7 heteroatoms. The summed E-state index contributed by atoms with van der Waals surface area (Å²) in [5.74, 6) is -0.502. The molecule has 1 N–H and O–H groups in total. The van der Waals surface area contributed by atoms with Crippen molar-refractivity contribution >= 4 is 40.8 Å². The molecule has 6 nitrogen and oxygen atoms in total. The van der Waals surface area contributed by atoms with Gasteiger partial charge in [-0.3, -0.25) is 9.59 Å². The van der Waals surface area contributed by atoms with Gasteiger partial charge in [-0.05, 0) is 69.7 Å². The van der Waals surface area contributed by atoms with Crippen LogP contribution in [0.1, 0.15) is 56.1 Å². The van der Waals surface area contributed by atoms with Gasteiger partial charge >= 0.3 is 0 Å². The summed E-state index contributed by atoms with van der Waals surface area (Å²) in [4.78, 5) is 37.6. The summed E-state index contributed by atoms with van der Waals surface area (Å²) in [6, 6.07) is 25.1. The zero-order chi connectivity index (χ0) is 26.1. The van der Waals surface area contributed by atoms with Crippen molar-refractivity contribution in [1.82, 2.24) is 10.2 Å². The number of benzene rings is 3. The van der Waals surface area contributed by atoms with Crippen molar-refractivity contribution in [3.63, 3.8) is 0 Å². The summed E-state index contributed by atoms with van der Waals surface area (Å²) in [7, 11) is 0. The molecule has 0 fully saturated rings. The van der Waals surface area contributed by atoms with Crippen LogP contribution in [0.3, 0.4) is 0 Å². The van der Waals surface area contributed by atoms with Crippen LogP contribution in [0.5, 0.6) is 0 Å². The van der Waals surface area contributed by atoms with Gasteiger partial charge in [-0.15, -0.1) is 0 Å². The van der Waals surface area contributed by atoms with E-state index in [9.17, 15) is 9.59 Å². The van der Waals surface area contributed by atoms with Gasteiger partial charge in [-0.2, -0.15) is 9.98 Å². The van der Waals surface area contributed by atoms with E-state index in [1.54, 1.807) is 47.4 Å². The minimum atomic E-state index is -0.894. The molecular formula is C29H31ClN4O2. The number of para-hydroxylation sites is 1. The van der Waals surface area contributed by atoms with Gasteiger partial charge in [0.05, 0.1) is 11.4 Å². The maximum Gasteiger partial charge on any atom is 0.254 e. The zero-order valence-corrected chi connectivity index (χ0v) is 21.8. The topological polar surface area (TPSA) is 74.1 Å². The van der Waals surface area contributed by atoms with Crippen LogP contribution in [0.4, 0.5) is 11.4 Å². The Morgan fingerprint density at radius 1 is 0.944 bits per heavy atom. The zero-order valence-electron chi connectivity index (χ0n) is 21.0. The summed E-state index contributed by atoms with van der Waals surface area (Å²) < 4.78 is 0. The number of hydrogen-bond acceptors (Lipinski definition) is 4. The van der Waals surface area contributed by atoms with E-state index in [-0.39, 0.29) is 11.8 Å². The van der Waals surface area contributed by atoms with Crippen LogP contribution in [0.15, 0.2) is 88.8 Å². The number of amides is 2. The van der Waals surface area contributed by atoms with E-state index in [1.807, 2.05) is 64.1 Å². The lowest BCUT2D eigenvalue weighted by atomic mass is 9.99. The van der Waals surface area contributed by atoms with E-state index < -0.39 is 11.6 Å². The first-order valence-corrected chi connectivity index (χ1v) is 12.3. The van der Waals surface area contributed by atoms with Gasteiger partial charge in [-0.25, -0.2) is 0 Å². The van der Waals surface area contributed by atoms with E-state index >= 15 is 0 Å². The maximum atomic E-state index is 13.7. The van der Waals surface area contributed by atoms with Gasteiger partial charge < -0.3 is 10.2 Å². The molecule has 0 bridgehead atoms. The standard InChI is InChI=1S/C29H31ClN4O2/c1-5-19-34(28(36)21-11-7-6-8-12-21)26(27(35)33-29(2,3)4)24-13-9-10-14-25(24)32-20-31-23-17-15-22(30)16-18-23/h6-18,26H,5,19H2,1-4H3,(H,33,35). The Labute approximate surface area is 217 Å². The first-order valence-electron chi connectivity index (χ1n) is 11.9. The second-order valence-corrected chi connectivity index (χ2v) is 9.80. The minimum absolute atomic E-state index is 0.222. The summed E-state index contributed by atoms with van der Waals surface area (Å²) >= 11 is 5.94. The third-order valence-electron chi connectivity index (χ3n) is 5.21. The van der Waals surface area contributed by atoms with Gasteiger partial charge in [0.15, 0.2) is 0 Å². The fourth-order valence-corrected chi connectivity index (χ4v) is 3.82. The van der Waals surface area contributed by atoms with Gasteiger partial charge in [0.25, 0.3) is 5.91 Å². The molecule has 3 aromatic rings. The minimum Gasteiger partial charge on any atom is -0.349 e. The van der Waals surface area contributed by atoms with E-state index in [2.05, 4.69) is 21.3 Å². The Hall–Kier alpha value is -3.73. The fourth-order valence-electron chi connectivity index (χ4n) is 3.70. The third kappa shape index (κ3) is 7.38. The van der Waals surface area contributed by atoms with Crippen LogP contribution in [-0.4, -0.2) is 34.8 Å². The molecule has 186 valence electrons. The number of nitrogens with zero attached hydrogens (tertiary/aromatic N) is 3. The number of halogens is 1. The molecule has 3 rings (SSSR count). The quantitative estimate of drug-likeness (QED) is 0.337. The van der Waals surface area contributed by atoms with Crippen LogP contribution in [-0.2, 0) is 4.79 Å². The molecule has 0 aliphatic rings.